The fraction of sp³-hybridized carbons (Fsp3) is 0.176. The number of amides is 1. The lowest BCUT2D eigenvalue weighted by Crippen LogP contribution is -2.16. The van der Waals surface area contributed by atoms with E-state index in [1.807, 2.05) is 40.4 Å². The van der Waals surface area contributed by atoms with E-state index < -0.39 is 5.97 Å². The normalized spacial score (nSPS) is 10.5. The van der Waals surface area contributed by atoms with Gasteiger partial charge in [0.05, 0.1) is 13.0 Å². The monoisotopic (exact) mass is 377 g/mol. The number of hydrogen-bond donors (Lipinski definition) is 1. The maximum atomic E-state index is 12.4. The molecule has 0 atom stereocenters. The first kappa shape index (κ1) is 16.9. The van der Waals surface area contributed by atoms with Crippen molar-refractivity contribution in [3.05, 3.63) is 50.8 Å². The first-order chi connectivity index (χ1) is 11.7. The van der Waals surface area contributed by atoms with Gasteiger partial charge in [-0.25, -0.2) is 4.79 Å². The minimum Gasteiger partial charge on any atom is -0.462 e. The number of esters is 1. The summed E-state index contributed by atoms with van der Waals surface area (Å²) in [5, 5.41) is 9.18. The summed E-state index contributed by atoms with van der Waals surface area (Å²) in [6.45, 7) is 2.06. The summed E-state index contributed by atoms with van der Waals surface area (Å²) in [7, 11) is 0. The summed E-state index contributed by atoms with van der Waals surface area (Å²) >= 11 is 4.43. The van der Waals surface area contributed by atoms with Crippen LogP contribution in [0.1, 0.15) is 22.2 Å². The molecule has 0 aromatic carbocycles. The van der Waals surface area contributed by atoms with E-state index in [0.717, 1.165) is 15.3 Å². The van der Waals surface area contributed by atoms with Crippen LogP contribution in [0.25, 0.3) is 10.4 Å². The van der Waals surface area contributed by atoms with Gasteiger partial charge in [-0.3, -0.25) is 4.79 Å². The third-order valence-corrected chi connectivity index (χ3v) is 5.90. The molecule has 7 heteroatoms. The molecule has 3 heterocycles. The average Bonchev–Trinajstić information content (AvgIpc) is 3.28. The van der Waals surface area contributed by atoms with Gasteiger partial charge in [-0.1, -0.05) is 12.1 Å². The molecule has 0 aliphatic carbocycles. The van der Waals surface area contributed by atoms with Gasteiger partial charge in [0.15, 0.2) is 0 Å². The molecular weight excluding hydrogens is 362 g/mol. The molecule has 0 radical (unpaired) electrons. The second kappa shape index (κ2) is 7.74. The van der Waals surface area contributed by atoms with Crippen LogP contribution in [0.15, 0.2) is 40.4 Å². The van der Waals surface area contributed by atoms with Crippen LogP contribution in [0.3, 0.4) is 0 Å². The number of carbonyl (C=O) groups excluding carboxylic acids is 2. The smallest absolute Gasteiger partial charge is 0.341 e. The van der Waals surface area contributed by atoms with Crippen LogP contribution in [-0.2, 0) is 16.0 Å². The van der Waals surface area contributed by atoms with Crippen LogP contribution in [-0.4, -0.2) is 18.5 Å². The molecule has 1 N–H and O–H groups in total. The van der Waals surface area contributed by atoms with Gasteiger partial charge in [0.2, 0.25) is 5.91 Å². The van der Waals surface area contributed by atoms with E-state index in [9.17, 15) is 9.59 Å². The molecule has 0 bridgehead atoms. The number of hydrogen-bond acceptors (Lipinski definition) is 6. The van der Waals surface area contributed by atoms with Crippen molar-refractivity contribution >= 4 is 50.9 Å². The molecule has 3 aromatic heterocycles. The summed E-state index contributed by atoms with van der Waals surface area (Å²) in [5.74, 6) is -0.545. The fourth-order valence-electron chi connectivity index (χ4n) is 2.21. The topological polar surface area (TPSA) is 55.4 Å². The number of rotatable bonds is 6. The van der Waals surface area contributed by atoms with E-state index in [0.29, 0.717) is 23.6 Å². The zero-order valence-electron chi connectivity index (χ0n) is 12.9. The Kier molecular flexibility index (Phi) is 5.44. The minimum absolute atomic E-state index is 0.137. The summed E-state index contributed by atoms with van der Waals surface area (Å²) in [6, 6.07) is 7.72. The van der Waals surface area contributed by atoms with Gasteiger partial charge >= 0.3 is 5.97 Å². The number of nitrogens with one attached hydrogen (secondary N) is 1. The number of carbonyl (C=O) groups is 2. The highest BCUT2D eigenvalue weighted by molar-refractivity contribution is 7.17. The quantitative estimate of drug-likeness (QED) is 0.622. The minimum atomic E-state index is -0.409. The van der Waals surface area contributed by atoms with Gasteiger partial charge in [0.1, 0.15) is 10.6 Å². The van der Waals surface area contributed by atoms with Crippen molar-refractivity contribution in [3.63, 3.8) is 0 Å². The Morgan fingerprint density at radius 2 is 1.92 bits per heavy atom. The van der Waals surface area contributed by atoms with E-state index >= 15 is 0 Å². The molecule has 0 fully saturated rings. The molecule has 0 saturated carbocycles. The molecular formula is C17H15NO3S3. The van der Waals surface area contributed by atoms with Crippen molar-refractivity contribution in [2.45, 2.75) is 13.3 Å². The average molecular weight is 378 g/mol. The SMILES string of the molecule is CCOC(=O)c1c(-c2cccs2)csc1NC(=O)Cc1cccs1. The van der Waals surface area contributed by atoms with E-state index in [1.165, 1.54) is 22.7 Å². The van der Waals surface area contributed by atoms with Gasteiger partial charge in [-0.15, -0.1) is 34.0 Å². The zero-order chi connectivity index (χ0) is 16.9. The first-order valence-corrected chi connectivity index (χ1v) is 9.97. The summed E-state index contributed by atoms with van der Waals surface area (Å²) in [4.78, 5) is 26.6. The molecule has 3 aromatic rings. The Balaban J connectivity index is 1.87. The lowest BCUT2D eigenvalue weighted by Gasteiger charge is -2.07. The molecule has 0 spiro atoms. The number of thiophene rings is 3. The van der Waals surface area contributed by atoms with Gasteiger partial charge in [0.25, 0.3) is 0 Å². The van der Waals surface area contributed by atoms with E-state index in [4.69, 9.17) is 4.74 Å². The second-order valence-electron chi connectivity index (χ2n) is 4.86. The molecule has 1 amide bonds. The Morgan fingerprint density at radius 3 is 2.58 bits per heavy atom. The standard InChI is InChI=1S/C17H15NO3S3/c1-2-21-17(20)15-12(13-6-4-8-23-13)10-24-16(15)18-14(19)9-11-5-3-7-22-11/h3-8,10H,2,9H2,1H3,(H,18,19). The third-order valence-electron chi connectivity index (χ3n) is 3.23. The van der Waals surface area contributed by atoms with E-state index in [1.54, 1.807) is 18.3 Å². The maximum absolute atomic E-state index is 12.4. The highest BCUT2D eigenvalue weighted by Gasteiger charge is 2.23. The predicted molar refractivity (Wildman–Crippen MR) is 100 cm³/mol. The molecule has 0 unspecified atom stereocenters. The van der Waals surface area contributed by atoms with Crippen molar-refractivity contribution < 1.29 is 14.3 Å². The second-order valence-corrected chi connectivity index (χ2v) is 7.72. The molecule has 24 heavy (non-hydrogen) atoms. The van der Waals surface area contributed by atoms with Crippen molar-refractivity contribution in [1.82, 2.24) is 0 Å². The van der Waals surface area contributed by atoms with Gasteiger partial charge in [-0.05, 0) is 29.8 Å². The maximum Gasteiger partial charge on any atom is 0.341 e. The molecule has 3 rings (SSSR count). The first-order valence-electron chi connectivity index (χ1n) is 7.33. The third kappa shape index (κ3) is 3.75. The highest BCUT2D eigenvalue weighted by Crippen LogP contribution is 2.38. The van der Waals surface area contributed by atoms with E-state index in [-0.39, 0.29) is 5.91 Å². The largest absolute Gasteiger partial charge is 0.462 e. The summed E-state index contributed by atoms with van der Waals surface area (Å²) < 4.78 is 5.18. The number of ether oxygens (including phenoxy) is 1. The Hall–Kier alpha value is -1.96. The Morgan fingerprint density at radius 1 is 1.12 bits per heavy atom. The van der Waals surface area contributed by atoms with Crippen molar-refractivity contribution in [3.8, 4) is 10.4 Å². The van der Waals surface area contributed by atoms with Crippen LogP contribution in [0.2, 0.25) is 0 Å². The summed E-state index contributed by atoms with van der Waals surface area (Å²) in [5.41, 5.74) is 1.24. The lowest BCUT2D eigenvalue weighted by molar-refractivity contribution is -0.115. The number of anilines is 1. The lowest BCUT2D eigenvalue weighted by atomic mass is 10.1. The fourth-order valence-corrected chi connectivity index (χ4v) is 4.70. The van der Waals surface area contributed by atoms with Crippen LogP contribution >= 0.6 is 34.0 Å². The molecule has 4 nitrogen and oxygen atoms in total. The van der Waals surface area contributed by atoms with Gasteiger partial charge in [0, 0.05) is 20.7 Å². The summed E-state index contributed by atoms with van der Waals surface area (Å²) in [6.07, 6.45) is 0.298. The Labute approximate surface area is 151 Å². The van der Waals surface area contributed by atoms with Crippen LogP contribution in [0, 0.1) is 0 Å². The molecule has 0 aliphatic rings. The van der Waals surface area contributed by atoms with Gasteiger partial charge < -0.3 is 10.1 Å². The van der Waals surface area contributed by atoms with Crippen LogP contribution in [0.4, 0.5) is 5.00 Å². The van der Waals surface area contributed by atoms with Crippen LogP contribution < -0.4 is 5.32 Å². The molecule has 124 valence electrons. The van der Waals surface area contributed by atoms with Crippen LogP contribution in [0.5, 0.6) is 0 Å². The van der Waals surface area contributed by atoms with Crippen molar-refractivity contribution in [1.29, 1.82) is 0 Å². The van der Waals surface area contributed by atoms with Gasteiger partial charge in [-0.2, -0.15) is 0 Å². The highest BCUT2D eigenvalue weighted by atomic mass is 32.1. The Bertz CT molecular complexity index is 820. The van der Waals surface area contributed by atoms with Crippen molar-refractivity contribution in [2.24, 2.45) is 0 Å². The molecule has 0 saturated heterocycles. The predicted octanol–water partition coefficient (Wildman–Crippen LogP) is 4.90. The molecule has 0 aliphatic heterocycles. The van der Waals surface area contributed by atoms with E-state index in [2.05, 4.69) is 5.32 Å². The van der Waals surface area contributed by atoms with Crippen molar-refractivity contribution in [2.75, 3.05) is 11.9 Å². The zero-order valence-corrected chi connectivity index (χ0v) is 15.4.